The van der Waals surface area contributed by atoms with Gasteiger partial charge in [-0.25, -0.2) is 4.98 Å². The molecule has 10 heteroatoms. The lowest BCUT2D eigenvalue weighted by atomic mass is 9.99. The smallest absolute Gasteiger partial charge is 0.257 e. The van der Waals surface area contributed by atoms with Gasteiger partial charge in [-0.15, -0.1) is 16.4 Å². The molecule has 2 aromatic heterocycles. The quantitative estimate of drug-likeness (QED) is 0.379. The highest BCUT2D eigenvalue weighted by Gasteiger charge is 2.21. The summed E-state index contributed by atoms with van der Waals surface area (Å²) in [5.41, 5.74) is 10.7. The number of carbonyl (C=O) groups excluding carboxylic acids is 2. The van der Waals surface area contributed by atoms with Crippen molar-refractivity contribution in [3.8, 4) is 11.3 Å². The molecular weight excluding hydrogens is 468 g/mol. The van der Waals surface area contributed by atoms with Gasteiger partial charge in [0.2, 0.25) is 0 Å². The number of aromatic nitrogens is 3. The van der Waals surface area contributed by atoms with Crippen LogP contribution in [-0.2, 0) is 19.4 Å². The Hall–Kier alpha value is -3.47. The number of anilines is 1. The normalized spacial score (nSPS) is 14.9. The molecule has 2 amide bonds. The molecule has 1 aliphatic carbocycles. The van der Waals surface area contributed by atoms with Crippen molar-refractivity contribution >= 4 is 39.8 Å². The summed E-state index contributed by atoms with van der Waals surface area (Å²) in [4.78, 5) is 31.0. The van der Waals surface area contributed by atoms with E-state index in [0.29, 0.717) is 22.8 Å². The second-order valence-electron chi connectivity index (χ2n) is 8.10. The van der Waals surface area contributed by atoms with E-state index in [1.807, 2.05) is 23.6 Å². The number of aryl methyl sites for hydroxylation is 1. The molecule has 0 fully saturated rings. The van der Waals surface area contributed by atoms with Gasteiger partial charge in [0.1, 0.15) is 5.69 Å². The summed E-state index contributed by atoms with van der Waals surface area (Å²) in [5, 5.41) is 12.3. The van der Waals surface area contributed by atoms with Crippen LogP contribution in [0.25, 0.3) is 11.3 Å². The molecule has 5 rings (SSSR count). The van der Waals surface area contributed by atoms with Crippen LogP contribution in [0.2, 0.25) is 0 Å². The Morgan fingerprint density at radius 3 is 2.74 bits per heavy atom. The molecule has 1 aliphatic rings. The van der Waals surface area contributed by atoms with Crippen LogP contribution in [0.1, 0.15) is 43.3 Å². The number of nitrogens with two attached hydrogens (primary N) is 1. The van der Waals surface area contributed by atoms with E-state index >= 15 is 0 Å². The van der Waals surface area contributed by atoms with E-state index < -0.39 is 0 Å². The number of fused-ring (bicyclic) bond motifs is 1. The van der Waals surface area contributed by atoms with E-state index in [9.17, 15) is 9.59 Å². The molecule has 0 bridgehead atoms. The second kappa shape index (κ2) is 9.80. The molecule has 0 saturated heterocycles. The van der Waals surface area contributed by atoms with Crippen LogP contribution < -0.4 is 16.4 Å². The Kier molecular flexibility index (Phi) is 6.43. The van der Waals surface area contributed by atoms with Crippen molar-refractivity contribution in [1.82, 2.24) is 19.9 Å². The average molecular weight is 491 g/mol. The largest absolute Gasteiger partial charge is 0.348 e. The Labute approximate surface area is 204 Å². The first-order chi connectivity index (χ1) is 16.5. The van der Waals surface area contributed by atoms with Crippen LogP contribution >= 0.6 is 22.9 Å². The molecule has 4 aromatic rings. The fraction of sp³-hybridized carbons (Fsp3) is 0.208. The van der Waals surface area contributed by atoms with E-state index in [1.165, 1.54) is 22.9 Å². The molecule has 34 heavy (non-hydrogen) atoms. The van der Waals surface area contributed by atoms with Crippen molar-refractivity contribution in [1.29, 1.82) is 0 Å². The first kappa shape index (κ1) is 22.3. The number of nitrogens with one attached hydrogen (secondary N) is 2. The second-order valence-corrected chi connectivity index (χ2v) is 9.79. The van der Waals surface area contributed by atoms with Gasteiger partial charge in [-0.05, 0) is 60.6 Å². The molecule has 2 heterocycles. The third kappa shape index (κ3) is 5.04. The highest BCUT2D eigenvalue weighted by Crippen LogP contribution is 2.29. The highest BCUT2D eigenvalue weighted by atomic mass is 32.1. The van der Waals surface area contributed by atoms with Gasteiger partial charge in [0.15, 0.2) is 5.13 Å². The maximum absolute atomic E-state index is 12.8. The van der Waals surface area contributed by atoms with Crippen molar-refractivity contribution in [3.05, 3.63) is 81.2 Å². The van der Waals surface area contributed by atoms with Gasteiger partial charge in [-0.2, -0.15) is 0 Å². The maximum Gasteiger partial charge on any atom is 0.257 e. The molecule has 4 N–H and O–H groups in total. The van der Waals surface area contributed by atoms with E-state index in [1.54, 1.807) is 30.3 Å². The number of amides is 2. The van der Waals surface area contributed by atoms with Crippen LogP contribution in [0.5, 0.6) is 0 Å². The molecule has 172 valence electrons. The zero-order valence-electron chi connectivity index (χ0n) is 18.2. The monoisotopic (exact) mass is 490 g/mol. The van der Waals surface area contributed by atoms with Crippen molar-refractivity contribution in [2.45, 2.75) is 31.8 Å². The van der Waals surface area contributed by atoms with Gasteiger partial charge in [0, 0.05) is 39.5 Å². The Morgan fingerprint density at radius 2 is 1.94 bits per heavy atom. The Balaban J connectivity index is 1.19. The predicted octanol–water partition coefficient (Wildman–Crippen LogP) is 3.66. The van der Waals surface area contributed by atoms with Crippen molar-refractivity contribution in [3.63, 3.8) is 0 Å². The predicted molar refractivity (Wildman–Crippen MR) is 133 cm³/mol. The Morgan fingerprint density at radius 1 is 1.09 bits per heavy atom. The first-order valence-corrected chi connectivity index (χ1v) is 12.5. The van der Waals surface area contributed by atoms with E-state index in [0.717, 1.165) is 46.7 Å². The molecular formula is C24H22N6O2S2. The van der Waals surface area contributed by atoms with Crippen LogP contribution in [-0.4, -0.2) is 32.4 Å². The number of rotatable bonds is 6. The van der Waals surface area contributed by atoms with E-state index in [2.05, 4.69) is 25.2 Å². The topological polar surface area (TPSA) is 123 Å². The standard InChI is InChI=1S/C24H22N6O2S2/c25-18-8-9-19-21(11-18)34-24(27-19)28-23(32)17-3-1-2-14(10-17)12-26-22(31)16-6-4-15(5-7-16)20-13-33-30-29-20/h1-7,10,13,18H,8-9,11-12,25H2,(H,26,31)(H,27,28,32)/t18-/m0/s1. The third-order valence-corrected chi connectivity index (χ3v) is 7.18. The molecule has 0 saturated carbocycles. The number of thiazole rings is 1. The molecule has 0 radical (unpaired) electrons. The number of benzene rings is 2. The lowest BCUT2D eigenvalue weighted by Crippen LogP contribution is -2.27. The summed E-state index contributed by atoms with van der Waals surface area (Å²) in [6.07, 6.45) is 2.58. The van der Waals surface area contributed by atoms with Crippen molar-refractivity contribution in [2.75, 3.05) is 5.32 Å². The maximum atomic E-state index is 12.8. The first-order valence-electron chi connectivity index (χ1n) is 10.9. The van der Waals surface area contributed by atoms with Gasteiger partial charge >= 0.3 is 0 Å². The van der Waals surface area contributed by atoms with Gasteiger partial charge in [-0.1, -0.05) is 28.8 Å². The zero-order valence-corrected chi connectivity index (χ0v) is 19.8. The summed E-state index contributed by atoms with van der Waals surface area (Å²) < 4.78 is 3.86. The van der Waals surface area contributed by atoms with Crippen LogP contribution in [0.4, 0.5) is 5.13 Å². The van der Waals surface area contributed by atoms with Crippen molar-refractivity contribution in [2.24, 2.45) is 5.73 Å². The molecule has 8 nitrogen and oxygen atoms in total. The SMILES string of the molecule is N[C@H]1CCc2nc(NC(=O)c3cccc(CNC(=O)c4ccc(-c5csnn5)cc4)c3)sc2C1. The van der Waals surface area contributed by atoms with Gasteiger partial charge in [0.05, 0.1) is 5.69 Å². The van der Waals surface area contributed by atoms with E-state index in [4.69, 9.17) is 5.73 Å². The summed E-state index contributed by atoms with van der Waals surface area (Å²) in [6, 6.07) is 14.6. The van der Waals surface area contributed by atoms with Crippen molar-refractivity contribution < 1.29 is 9.59 Å². The lowest BCUT2D eigenvalue weighted by molar-refractivity contribution is 0.0950. The zero-order chi connectivity index (χ0) is 23.5. The summed E-state index contributed by atoms with van der Waals surface area (Å²) in [5.74, 6) is -0.417. The van der Waals surface area contributed by atoms with Crippen LogP contribution in [0.3, 0.4) is 0 Å². The molecule has 1 atom stereocenters. The molecule has 0 unspecified atom stereocenters. The van der Waals surface area contributed by atoms with Gasteiger partial charge in [0.25, 0.3) is 11.8 Å². The molecule has 2 aromatic carbocycles. The third-order valence-electron chi connectivity index (χ3n) is 5.64. The lowest BCUT2D eigenvalue weighted by Gasteiger charge is -2.15. The average Bonchev–Trinajstić information content (AvgIpc) is 3.52. The van der Waals surface area contributed by atoms with Crippen LogP contribution in [0, 0.1) is 0 Å². The number of nitrogens with zero attached hydrogens (tertiary/aromatic N) is 3. The van der Waals surface area contributed by atoms with Crippen LogP contribution in [0.15, 0.2) is 53.9 Å². The Bertz CT molecular complexity index is 1320. The minimum absolute atomic E-state index is 0.164. The molecule has 0 spiro atoms. The van der Waals surface area contributed by atoms with E-state index in [-0.39, 0.29) is 17.9 Å². The minimum Gasteiger partial charge on any atom is -0.348 e. The van der Waals surface area contributed by atoms with Gasteiger partial charge < -0.3 is 11.1 Å². The fourth-order valence-corrected chi connectivity index (χ4v) is 5.37. The summed E-state index contributed by atoms with van der Waals surface area (Å²) >= 11 is 2.78. The number of hydrogen-bond donors (Lipinski definition) is 3. The number of carbonyl (C=O) groups is 2. The minimum atomic E-state index is -0.226. The highest BCUT2D eigenvalue weighted by molar-refractivity contribution is 7.15. The number of hydrogen-bond acceptors (Lipinski definition) is 8. The molecule has 0 aliphatic heterocycles. The summed E-state index contributed by atoms with van der Waals surface area (Å²) in [6.45, 7) is 0.307. The summed E-state index contributed by atoms with van der Waals surface area (Å²) in [7, 11) is 0. The van der Waals surface area contributed by atoms with Gasteiger partial charge in [-0.3, -0.25) is 14.9 Å². The fourth-order valence-electron chi connectivity index (χ4n) is 3.81.